The minimum Gasteiger partial charge on any atom is -0.375 e. The van der Waals surface area contributed by atoms with Gasteiger partial charge in [0.05, 0.1) is 24.4 Å². The van der Waals surface area contributed by atoms with Crippen molar-refractivity contribution in [3.63, 3.8) is 0 Å². The highest BCUT2D eigenvalue weighted by molar-refractivity contribution is 5.00. The SMILES string of the molecule is CC(C)(C)OC[C@H]1C[C@@H](n2ncc(=O)[nH]c2=O)[C@@H]2OC(C)(C)O[C@H]12. The van der Waals surface area contributed by atoms with Crippen LogP contribution >= 0.6 is 0 Å². The Balaban J connectivity index is 1.88. The second kappa shape index (κ2) is 5.79. The maximum atomic E-state index is 12.1. The van der Waals surface area contributed by atoms with Crippen LogP contribution in [0.1, 0.15) is 47.1 Å². The van der Waals surface area contributed by atoms with Gasteiger partial charge in [0.15, 0.2) is 5.79 Å². The van der Waals surface area contributed by atoms with E-state index in [-0.39, 0.29) is 29.8 Å². The van der Waals surface area contributed by atoms with Crippen molar-refractivity contribution in [3.05, 3.63) is 27.0 Å². The van der Waals surface area contributed by atoms with E-state index in [1.54, 1.807) is 0 Å². The molecule has 134 valence electrons. The van der Waals surface area contributed by atoms with E-state index in [1.165, 1.54) is 4.68 Å². The Morgan fingerprint density at radius 1 is 1.33 bits per heavy atom. The summed E-state index contributed by atoms with van der Waals surface area (Å²) >= 11 is 0. The van der Waals surface area contributed by atoms with E-state index in [0.717, 1.165) is 6.20 Å². The molecule has 0 radical (unpaired) electrons. The zero-order valence-electron chi connectivity index (χ0n) is 14.7. The van der Waals surface area contributed by atoms with Gasteiger partial charge in [-0.25, -0.2) is 9.48 Å². The number of aromatic nitrogens is 3. The minimum absolute atomic E-state index is 0.0848. The normalized spacial score (nSPS) is 32.0. The second-order valence-corrected chi connectivity index (χ2v) is 7.93. The molecule has 2 aliphatic rings. The molecule has 0 bridgehead atoms. The summed E-state index contributed by atoms with van der Waals surface area (Å²) in [6.07, 6.45) is 1.27. The van der Waals surface area contributed by atoms with Gasteiger partial charge in [0.2, 0.25) is 0 Å². The van der Waals surface area contributed by atoms with Gasteiger partial charge in [-0.15, -0.1) is 0 Å². The van der Waals surface area contributed by atoms with Crippen LogP contribution in [0, 0.1) is 5.92 Å². The molecule has 8 nitrogen and oxygen atoms in total. The largest absolute Gasteiger partial charge is 0.375 e. The van der Waals surface area contributed by atoms with Crippen molar-refractivity contribution in [1.29, 1.82) is 0 Å². The lowest BCUT2D eigenvalue weighted by Gasteiger charge is -2.26. The smallest absolute Gasteiger partial charge is 0.345 e. The summed E-state index contributed by atoms with van der Waals surface area (Å²) < 4.78 is 19.3. The summed E-state index contributed by atoms with van der Waals surface area (Å²) in [5.41, 5.74) is -1.30. The number of ether oxygens (including phenoxy) is 3. The predicted octanol–water partition coefficient (Wildman–Crippen LogP) is 0.828. The molecule has 0 amide bonds. The van der Waals surface area contributed by atoms with Crippen molar-refractivity contribution in [3.8, 4) is 0 Å². The van der Waals surface area contributed by atoms with Gasteiger partial charge in [0.1, 0.15) is 12.3 Å². The van der Waals surface area contributed by atoms with Crippen molar-refractivity contribution in [2.75, 3.05) is 6.61 Å². The van der Waals surface area contributed by atoms with E-state index in [9.17, 15) is 9.59 Å². The van der Waals surface area contributed by atoms with E-state index < -0.39 is 17.0 Å². The van der Waals surface area contributed by atoms with Gasteiger partial charge in [0, 0.05) is 5.92 Å². The van der Waals surface area contributed by atoms with Crippen LogP contribution in [0.4, 0.5) is 0 Å². The first-order valence-electron chi connectivity index (χ1n) is 8.23. The van der Waals surface area contributed by atoms with Gasteiger partial charge in [-0.2, -0.15) is 5.10 Å². The van der Waals surface area contributed by atoms with Crippen molar-refractivity contribution < 1.29 is 14.2 Å². The molecule has 4 atom stereocenters. The third kappa shape index (κ3) is 3.45. The molecule has 1 saturated carbocycles. The highest BCUT2D eigenvalue weighted by atomic mass is 16.8. The molecule has 1 aromatic heterocycles. The van der Waals surface area contributed by atoms with E-state index in [2.05, 4.69) is 10.1 Å². The molecule has 24 heavy (non-hydrogen) atoms. The van der Waals surface area contributed by atoms with Crippen LogP contribution in [-0.4, -0.2) is 45.0 Å². The van der Waals surface area contributed by atoms with E-state index >= 15 is 0 Å². The lowest BCUT2D eigenvalue weighted by atomic mass is 10.1. The van der Waals surface area contributed by atoms with Gasteiger partial charge >= 0.3 is 5.69 Å². The van der Waals surface area contributed by atoms with Crippen LogP contribution in [0.2, 0.25) is 0 Å². The molecule has 1 saturated heterocycles. The van der Waals surface area contributed by atoms with Crippen molar-refractivity contribution in [2.24, 2.45) is 5.92 Å². The third-order valence-corrected chi connectivity index (χ3v) is 4.33. The third-order valence-electron chi connectivity index (χ3n) is 4.33. The fourth-order valence-electron chi connectivity index (χ4n) is 3.41. The number of nitrogens with one attached hydrogen (secondary N) is 1. The monoisotopic (exact) mass is 339 g/mol. The molecule has 2 heterocycles. The van der Waals surface area contributed by atoms with Crippen LogP contribution in [0.25, 0.3) is 0 Å². The van der Waals surface area contributed by atoms with Gasteiger partial charge in [-0.05, 0) is 41.0 Å². The van der Waals surface area contributed by atoms with Gasteiger partial charge in [-0.1, -0.05) is 0 Å². The Kier molecular flexibility index (Phi) is 4.17. The topological polar surface area (TPSA) is 95.4 Å². The summed E-state index contributed by atoms with van der Waals surface area (Å²) in [5.74, 6) is -0.638. The molecule has 0 unspecified atom stereocenters. The lowest BCUT2D eigenvalue weighted by Crippen LogP contribution is -2.38. The average Bonchev–Trinajstić information content (AvgIpc) is 2.90. The van der Waals surface area contributed by atoms with Gasteiger partial charge in [0.25, 0.3) is 5.56 Å². The van der Waals surface area contributed by atoms with Crippen LogP contribution in [0.5, 0.6) is 0 Å². The van der Waals surface area contributed by atoms with Crippen LogP contribution in [-0.2, 0) is 14.2 Å². The van der Waals surface area contributed by atoms with E-state index in [1.807, 2.05) is 34.6 Å². The number of aromatic amines is 1. The Labute approximate surface area is 140 Å². The maximum absolute atomic E-state index is 12.1. The molecule has 1 aromatic rings. The Bertz CT molecular complexity index is 717. The molecule has 1 N–H and O–H groups in total. The second-order valence-electron chi connectivity index (χ2n) is 7.93. The molecular weight excluding hydrogens is 314 g/mol. The zero-order chi connectivity index (χ0) is 17.7. The zero-order valence-corrected chi connectivity index (χ0v) is 14.7. The first kappa shape index (κ1) is 17.3. The standard InChI is InChI=1S/C16H25N3O5/c1-15(2,3)22-8-9-6-10(13-12(9)23-16(4,5)24-13)19-14(21)18-11(20)7-17-19/h7,9-10,12-13H,6,8H2,1-5H3,(H,18,20,21)/t9-,10-,12-,13+/m1/s1. The summed E-state index contributed by atoms with van der Waals surface area (Å²) in [6, 6.07) is -0.297. The van der Waals surface area contributed by atoms with Crippen molar-refractivity contribution >= 4 is 0 Å². The van der Waals surface area contributed by atoms with E-state index in [4.69, 9.17) is 14.2 Å². The Hall–Kier alpha value is -1.51. The van der Waals surface area contributed by atoms with Crippen molar-refractivity contribution in [2.45, 2.75) is 70.7 Å². The van der Waals surface area contributed by atoms with Crippen LogP contribution < -0.4 is 11.2 Å². The first-order chi connectivity index (χ1) is 11.1. The average molecular weight is 339 g/mol. The number of rotatable bonds is 3. The summed E-state index contributed by atoms with van der Waals surface area (Å²) in [7, 11) is 0. The molecule has 2 fully saturated rings. The lowest BCUT2D eigenvalue weighted by molar-refractivity contribution is -0.165. The number of nitrogens with zero attached hydrogens (tertiary/aromatic N) is 2. The minimum atomic E-state index is -0.722. The highest BCUT2D eigenvalue weighted by Gasteiger charge is 2.55. The number of hydrogen-bond donors (Lipinski definition) is 1. The van der Waals surface area contributed by atoms with E-state index in [0.29, 0.717) is 13.0 Å². The molecular formula is C16H25N3O5. The fraction of sp³-hybridized carbons (Fsp3) is 0.812. The van der Waals surface area contributed by atoms with Crippen molar-refractivity contribution in [1.82, 2.24) is 14.8 Å². The number of hydrogen-bond acceptors (Lipinski definition) is 6. The first-order valence-corrected chi connectivity index (χ1v) is 8.23. The van der Waals surface area contributed by atoms with Gasteiger partial charge < -0.3 is 14.2 Å². The quantitative estimate of drug-likeness (QED) is 0.876. The highest BCUT2D eigenvalue weighted by Crippen LogP contribution is 2.46. The molecule has 1 aliphatic carbocycles. The molecule has 0 spiro atoms. The molecule has 3 rings (SSSR count). The Morgan fingerprint density at radius 2 is 2.00 bits per heavy atom. The number of fused-ring (bicyclic) bond motifs is 1. The summed E-state index contributed by atoms with van der Waals surface area (Å²) in [5, 5.41) is 4.00. The predicted molar refractivity (Wildman–Crippen MR) is 85.8 cm³/mol. The molecule has 8 heteroatoms. The summed E-state index contributed by atoms with van der Waals surface area (Å²) in [4.78, 5) is 25.6. The summed E-state index contributed by atoms with van der Waals surface area (Å²) in [6.45, 7) is 10.2. The number of H-pyrrole nitrogens is 1. The maximum Gasteiger partial charge on any atom is 0.345 e. The molecule has 1 aliphatic heterocycles. The fourth-order valence-corrected chi connectivity index (χ4v) is 3.41. The van der Waals surface area contributed by atoms with Crippen LogP contribution in [0.15, 0.2) is 15.8 Å². The van der Waals surface area contributed by atoms with Crippen LogP contribution in [0.3, 0.4) is 0 Å². The molecule has 0 aromatic carbocycles. The Morgan fingerprint density at radius 3 is 2.62 bits per heavy atom. The van der Waals surface area contributed by atoms with Gasteiger partial charge in [-0.3, -0.25) is 9.78 Å².